The number of fused-ring (bicyclic) bond motifs is 2. The van der Waals surface area contributed by atoms with E-state index in [1.54, 1.807) is 0 Å². The molecule has 1 aliphatic heterocycles. The van der Waals surface area contributed by atoms with Crippen molar-refractivity contribution in [2.24, 2.45) is 0 Å². The summed E-state index contributed by atoms with van der Waals surface area (Å²) in [5, 5.41) is 9.54. The van der Waals surface area contributed by atoms with E-state index in [1.807, 2.05) is 33.8 Å². The minimum Gasteiger partial charge on any atom is -0.351 e. The standard InChI is InChI=1S/C22H24N8/c1-2-15(1)17-13-19-21(23-5-7-29(19)25-17)27-9-11-28(12-10-27)22-20-14-18(16-3-4-16)26-30(20)8-6-24-22/h5-8,13-16H,1-4,9-12H2. The molecule has 8 nitrogen and oxygen atoms in total. The lowest BCUT2D eigenvalue weighted by molar-refractivity contribution is 0.642. The Morgan fingerprint density at radius 1 is 0.633 bits per heavy atom. The van der Waals surface area contributed by atoms with Crippen LogP contribution in [0.25, 0.3) is 11.0 Å². The summed E-state index contributed by atoms with van der Waals surface area (Å²) in [7, 11) is 0. The van der Waals surface area contributed by atoms with E-state index in [4.69, 9.17) is 20.2 Å². The van der Waals surface area contributed by atoms with Crippen molar-refractivity contribution in [2.75, 3.05) is 36.0 Å². The highest BCUT2D eigenvalue weighted by molar-refractivity contribution is 5.72. The summed E-state index contributed by atoms with van der Waals surface area (Å²) in [6.45, 7) is 3.68. The lowest BCUT2D eigenvalue weighted by atomic mass is 10.2. The van der Waals surface area contributed by atoms with Gasteiger partial charge in [0.2, 0.25) is 0 Å². The summed E-state index contributed by atoms with van der Waals surface area (Å²) in [5.41, 5.74) is 4.67. The third kappa shape index (κ3) is 2.66. The molecule has 0 bridgehead atoms. The second kappa shape index (κ2) is 6.17. The monoisotopic (exact) mass is 400 g/mol. The highest BCUT2D eigenvalue weighted by atomic mass is 15.3. The average Bonchev–Trinajstić information content (AvgIpc) is 3.72. The summed E-state index contributed by atoms with van der Waals surface area (Å²) in [6, 6.07) is 4.47. The van der Waals surface area contributed by atoms with Gasteiger partial charge in [0.25, 0.3) is 0 Å². The van der Waals surface area contributed by atoms with Crippen LogP contribution in [-0.2, 0) is 0 Å². The number of anilines is 2. The van der Waals surface area contributed by atoms with E-state index in [0.29, 0.717) is 11.8 Å². The van der Waals surface area contributed by atoms with Crippen molar-refractivity contribution in [3.05, 3.63) is 48.3 Å². The molecular weight excluding hydrogens is 376 g/mol. The molecule has 4 aromatic heterocycles. The van der Waals surface area contributed by atoms with E-state index in [1.165, 1.54) is 37.1 Å². The predicted octanol–water partition coefficient (Wildman–Crippen LogP) is 2.85. The Bertz CT molecular complexity index is 1140. The van der Waals surface area contributed by atoms with E-state index in [0.717, 1.165) is 48.8 Å². The molecule has 30 heavy (non-hydrogen) atoms. The largest absolute Gasteiger partial charge is 0.351 e. The molecule has 1 saturated heterocycles. The molecule has 5 heterocycles. The molecule has 0 aromatic carbocycles. The van der Waals surface area contributed by atoms with Gasteiger partial charge in [-0.3, -0.25) is 0 Å². The van der Waals surface area contributed by atoms with Gasteiger partial charge in [-0.1, -0.05) is 0 Å². The van der Waals surface area contributed by atoms with E-state index < -0.39 is 0 Å². The summed E-state index contributed by atoms with van der Waals surface area (Å²) >= 11 is 0. The van der Waals surface area contributed by atoms with E-state index in [9.17, 15) is 0 Å². The van der Waals surface area contributed by atoms with Gasteiger partial charge in [-0.2, -0.15) is 10.2 Å². The molecule has 7 rings (SSSR count). The molecule has 0 amide bonds. The van der Waals surface area contributed by atoms with Gasteiger partial charge in [0, 0.05) is 62.8 Å². The van der Waals surface area contributed by atoms with Gasteiger partial charge in [-0.05, 0) is 37.8 Å². The van der Waals surface area contributed by atoms with Crippen LogP contribution in [0, 0.1) is 0 Å². The number of rotatable bonds is 4. The molecule has 8 heteroatoms. The fourth-order valence-corrected chi connectivity index (χ4v) is 4.63. The second-order valence-electron chi connectivity index (χ2n) is 8.82. The Hall–Kier alpha value is -3.16. The molecule has 0 atom stereocenters. The van der Waals surface area contributed by atoms with Crippen molar-refractivity contribution in [2.45, 2.75) is 37.5 Å². The minimum absolute atomic E-state index is 0.650. The van der Waals surface area contributed by atoms with Gasteiger partial charge in [-0.25, -0.2) is 19.0 Å². The molecule has 0 radical (unpaired) electrons. The lowest BCUT2D eigenvalue weighted by Crippen LogP contribution is -2.47. The SMILES string of the molecule is c1cn2nc(C3CC3)cc2c(N2CCN(c3nccn4nc(C5CC5)cc34)CC2)n1. The zero-order valence-corrected chi connectivity index (χ0v) is 16.9. The first-order valence-electron chi connectivity index (χ1n) is 11.0. The summed E-state index contributed by atoms with van der Waals surface area (Å²) in [4.78, 5) is 14.2. The van der Waals surface area contributed by atoms with Gasteiger partial charge in [-0.15, -0.1) is 0 Å². The maximum absolute atomic E-state index is 4.77. The zero-order valence-electron chi connectivity index (χ0n) is 16.9. The van der Waals surface area contributed by atoms with Crippen LogP contribution in [0.5, 0.6) is 0 Å². The van der Waals surface area contributed by atoms with Crippen LogP contribution >= 0.6 is 0 Å². The molecular formula is C22H24N8. The maximum Gasteiger partial charge on any atom is 0.154 e. The molecule has 0 unspecified atom stereocenters. The first-order chi connectivity index (χ1) is 14.8. The Kier molecular flexibility index (Phi) is 3.42. The van der Waals surface area contributed by atoms with Crippen LogP contribution in [0.15, 0.2) is 36.9 Å². The summed E-state index contributed by atoms with van der Waals surface area (Å²) in [5.74, 6) is 3.39. The second-order valence-corrected chi connectivity index (χ2v) is 8.82. The number of piperazine rings is 1. The van der Waals surface area contributed by atoms with Gasteiger partial charge in [0.1, 0.15) is 11.0 Å². The third-order valence-corrected chi connectivity index (χ3v) is 6.65. The first-order valence-corrected chi connectivity index (χ1v) is 11.0. The fraction of sp³-hybridized carbons (Fsp3) is 0.455. The van der Waals surface area contributed by atoms with Crippen molar-refractivity contribution in [3.63, 3.8) is 0 Å². The topological polar surface area (TPSA) is 66.9 Å². The third-order valence-electron chi connectivity index (χ3n) is 6.65. The van der Waals surface area contributed by atoms with Crippen LogP contribution in [0.3, 0.4) is 0 Å². The Labute approximate surface area is 174 Å². The molecule has 2 aliphatic carbocycles. The van der Waals surface area contributed by atoms with Crippen molar-refractivity contribution in [1.82, 2.24) is 29.2 Å². The molecule has 2 saturated carbocycles. The summed E-state index contributed by atoms with van der Waals surface area (Å²) < 4.78 is 3.99. The van der Waals surface area contributed by atoms with Crippen LogP contribution in [0.1, 0.15) is 48.9 Å². The number of hydrogen-bond acceptors (Lipinski definition) is 6. The highest BCUT2D eigenvalue weighted by Crippen LogP contribution is 2.41. The molecule has 0 N–H and O–H groups in total. The normalized spacial score (nSPS) is 19.9. The average molecular weight is 400 g/mol. The maximum atomic E-state index is 4.77. The van der Waals surface area contributed by atoms with Gasteiger partial charge in [0.15, 0.2) is 11.6 Å². The Morgan fingerprint density at radius 3 is 1.47 bits per heavy atom. The van der Waals surface area contributed by atoms with Crippen molar-refractivity contribution < 1.29 is 0 Å². The molecule has 4 aromatic rings. The van der Waals surface area contributed by atoms with Gasteiger partial charge >= 0.3 is 0 Å². The number of aromatic nitrogens is 6. The van der Waals surface area contributed by atoms with E-state index in [2.05, 4.69) is 21.9 Å². The Balaban J connectivity index is 1.15. The smallest absolute Gasteiger partial charge is 0.154 e. The minimum atomic E-state index is 0.650. The number of hydrogen-bond donors (Lipinski definition) is 0. The summed E-state index contributed by atoms with van der Waals surface area (Å²) in [6.07, 6.45) is 12.7. The van der Waals surface area contributed by atoms with Gasteiger partial charge < -0.3 is 9.80 Å². The number of nitrogens with zero attached hydrogens (tertiary/aromatic N) is 8. The van der Waals surface area contributed by atoms with Gasteiger partial charge in [0.05, 0.1) is 11.4 Å². The molecule has 152 valence electrons. The predicted molar refractivity (Wildman–Crippen MR) is 114 cm³/mol. The molecule has 3 aliphatic rings. The van der Waals surface area contributed by atoms with Crippen LogP contribution in [-0.4, -0.2) is 55.4 Å². The molecule has 3 fully saturated rings. The van der Waals surface area contributed by atoms with Crippen molar-refractivity contribution in [3.8, 4) is 0 Å². The quantitative estimate of drug-likeness (QED) is 0.525. The molecule has 0 spiro atoms. The van der Waals surface area contributed by atoms with Crippen molar-refractivity contribution in [1.29, 1.82) is 0 Å². The fourth-order valence-electron chi connectivity index (χ4n) is 4.63. The Morgan fingerprint density at radius 2 is 1.07 bits per heavy atom. The van der Waals surface area contributed by atoms with Crippen LogP contribution in [0.2, 0.25) is 0 Å². The van der Waals surface area contributed by atoms with E-state index >= 15 is 0 Å². The van der Waals surface area contributed by atoms with Crippen molar-refractivity contribution >= 4 is 22.7 Å². The lowest BCUT2D eigenvalue weighted by Gasteiger charge is -2.36. The zero-order chi connectivity index (χ0) is 19.7. The van der Waals surface area contributed by atoms with Crippen LogP contribution in [0.4, 0.5) is 11.6 Å². The van der Waals surface area contributed by atoms with Crippen LogP contribution < -0.4 is 9.80 Å². The van der Waals surface area contributed by atoms with E-state index in [-0.39, 0.29) is 0 Å². The highest BCUT2D eigenvalue weighted by Gasteiger charge is 2.29. The first kappa shape index (κ1) is 16.6.